The molecule has 154 valence electrons. The summed E-state index contributed by atoms with van der Waals surface area (Å²) in [4.78, 5) is 24.9. The van der Waals surface area contributed by atoms with E-state index in [2.05, 4.69) is 10.6 Å². The lowest BCUT2D eigenvalue weighted by Gasteiger charge is -2.32. The van der Waals surface area contributed by atoms with E-state index in [4.69, 9.17) is 9.47 Å². The zero-order valence-corrected chi connectivity index (χ0v) is 16.9. The number of anilines is 1. The smallest absolute Gasteiger partial charge is 0.311 e. The molecule has 6 heteroatoms. The second-order valence-electron chi connectivity index (χ2n) is 7.08. The van der Waals surface area contributed by atoms with Crippen molar-refractivity contribution in [1.29, 1.82) is 0 Å². The third kappa shape index (κ3) is 5.28. The highest BCUT2D eigenvalue weighted by Crippen LogP contribution is 2.32. The highest BCUT2D eigenvalue weighted by Gasteiger charge is 2.32. The number of carbonyl (C=O) groups is 2. The van der Waals surface area contributed by atoms with Crippen molar-refractivity contribution in [1.82, 2.24) is 5.32 Å². The molecule has 0 aromatic heterocycles. The Labute approximate surface area is 171 Å². The van der Waals surface area contributed by atoms with Crippen molar-refractivity contribution in [2.24, 2.45) is 5.92 Å². The van der Waals surface area contributed by atoms with Crippen molar-refractivity contribution in [3.8, 4) is 5.75 Å². The Bertz CT molecular complexity index is 838. The molecule has 2 N–H and O–H groups in total. The van der Waals surface area contributed by atoms with Gasteiger partial charge in [0.25, 0.3) is 5.91 Å². The van der Waals surface area contributed by atoms with Gasteiger partial charge in [-0.2, -0.15) is 0 Å². The molecule has 29 heavy (non-hydrogen) atoms. The predicted molar refractivity (Wildman–Crippen MR) is 112 cm³/mol. The van der Waals surface area contributed by atoms with E-state index in [1.807, 2.05) is 43.3 Å². The Hall–Kier alpha value is -3.02. The minimum absolute atomic E-state index is 0.0384. The summed E-state index contributed by atoms with van der Waals surface area (Å²) < 4.78 is 10.6. The van der Waals surface area contributed by atoms with Crippen molar-refractivity contribution >= 4 is 17.6 Å². The van der Waals surface area contributed by atoms with E-state index in [1.165, 1.54) is 5.56 Å². The average Bonchev–Trinajstić information content (AvgIpc) is 2.76. The third-order valence-corrected chi connectivity index (χ3v) is 5.23. The van der Waals surface area contributed by atoms with Crippen LogP contribution in [0.2, 0.25) is 0 Å². The number of hydrogen-bond acceptors (Lipinski definition) is 5. The van der Waals surface area contributed by atoms with E-state index in [1.54, 1.807) is 19.2 Å². The van der Waals surface area contributed by atoms with Crippen LogP contribution in [0.25, 0.3) is 0 Å². The summed E-state index contributed by atoms with van der Waals surface area (Å²) in [6.45, 7) is 2.55. The van der Waals surface area contributed by atoms with Crippen molar-refractivity contribution in [3.05, 3.63) is 59.7 Å². The SMILES string of the molecule is CCOC(=O)C(CCNC(=O)c1ccccc1)C1CCc2cc(OC)ccc2N1. The molecule has 0 saturated heterocycles. The summed E-state index contributed by atoms with van der Waals surface area (Å²) in [5.41, 5.74) is 2.81. The number of hydrogen-bond donors (Lipinski definition) is 2. The van der Waals surface area contributed by atoms with Gasteiger partial charge >= 0.3 is 5.97 Å². The van der Waals surface area contributed by atoms with Crippen LogP contribution < -0.4 is 15.4 Å². The predicted octanol–water partition coefficient (Wildman–Crippen LogP) is 3.42. The average molecular weight is 396 g/mol. The first kappa shape index (κ1) is 20.7. The van der Waals surface area contributed by atoms with Crippen LogP contribution in [0.1, 0.15) is 35.7 Å². The fraction of sp³-hybridized carbons (Fsp3) is 0.391. The second kappa shape index (κ2) is 9.96. The molecule has 0 spiro atoms. The minimum Gasteiger partial charge on any atom is -0.497 e. The third-order valence-electron chi connectivity index (χ3n) is 5.23. The molecule has 1 heterocycles. The van der Waals surface area contributed by atoms with Gasteiger partial charge < -0.3 is 20.1 Å². The highest BCUT2D eigenvalue weighted by atomic mass is 16.5. The zero-order valence-electron chi connectivity index (χ0n) is 16.9. The number of ether oxygens (including phenoxy) is 2. The molecule has 1 amide bonds. The van der Waals surface area contributed by atoms with Gasteiger partial charge in [0.05, 0.1) is 19.6 Å². The molecular formula is C23H28N2O4. The van der Waals surface area contributed by atoms with Crippen LogP contribution in [-0.2, 0) is 16.0 Å². The fourth-order valence-electron chi connectivity index (χ4n) is 3.69. The van der Waals surface area contributed by atoms with Crippen LogP contribution in [0.5, 0.6) is 5.75 Å². The summed E-state index contributed by atoms with van der Waals surface area (Å²) >= 11 is 0. The first-order valence-electron chi connectivity index (χ1n) is 10.1. The van der Waals surface area contributed by atoms with Gasteiger partial charge in [-0.3, -0.25) is 9.59 Å². The first-order chi connectivity index (χ1) is 14.1. The second-order valence-corrected chi connectivity index (χ2v) is 7.08. The summed E-state index contributed by atoms with van der Waals surface area (Å²) in [5, 5.41) is 6.40. The Morgan fingerprint density at radius 3 is 2.72 bits per heavy atom. The van der Waals surface area contributed by atoms with E-state index in [0.29, 0.717) is 25.1 Å². The molecule has 2 unspecified atom stereocenters. The molecule has 0 bridgehead atoms. The molecule has 0 radical (unpaired) electrons. The molecule has 1 aliphatic heterocycles. The fourth-order valence-corrected chi connectivity index (χ4v) is 3.69. The van der Waals surface area contributed by atoms with Gasteiger partial charge in [0.15, 0.2) is 0 Å². The molecule has 6 nitrogen and oxygen atoms in total. The molecule has 0 fully saturated rings. The van der Waals surface area contributed by atoms with Crippen molar-refractivity contribution in [2.45, 2.75) is 32.2 Å². The van der Waals surface area contributed by atoms with Gasteiger partial charge in [-0.05, 0) is 62.1 Å². The van der Waals surface area contributed by atoms with Crippen LogP contribution in [0, 0.1) is 5.92 Å². The normalized spacial score (nSPS) is 16.1. The van der Waals surface area contributed by atoms with Crippen molar-refractivity contribution < 1.29 is 19.1 Å². The lowest BCUT2D eigenvalue weighted by Crippen LogP contribution is -2.40. The zero-order chi connectivity index (χ0) is 20.6. The number of aryl methyl sites for hydroxylation is 1. The van der Waals surface area contributed by atoms with Gasteiger partial charge in [0, 0.05) is 23.8 Å². The number of benzene rings is 2. The molecule has 2 aromatic carbocycles. The topological polar surface area (TPSA) is 76.7 Å². The number of carbonyl (C=O) groups excluding carboxylic acids is 2. The summed E-state index contributed by atoms with van der Waals surface area (Å²) in [6, 6.07) is 15.0. The summed E-state index contributed by atoms with van der Waals surface area (Å²) in [7, 11) is 1.65. The maximum absolute atomic E-state index is 12.6. The van der Waals surface area contributed by atoms with E-state index in [-0.39, 0.29) is 23.8 Å². The Balaban J connectivity index is 1.64. The number of nitrogens with one attached hydrogen (secondary N) is 2. The van der Waals surface area contributed by atoms with E-state index < -0.39 is 0 Å². The maximum atomic E-state index is 12.6. The van der Waals surface area contributed by atoms with Gasteiger partial charge in [-0.1, -0.05) is 18.2 Å². The molecule has 2 atom stereocenters. The van der Waals surface area contributed by atoms with E-state index >= 15 is 0 Å². The standard InChI is InChI=1S/C23H28N2O4/c1-3-29-23(27)19(13-14-24-22(26)16-7-5-4-6-8-16)21-11-9-17-15-18(28-2)10-12-20(17)25-21/h4-8,10,12,15,19,21,25H,3,9,11,13-14H2,1-2H3,(H,24,26). The Morgan fingerprint density at radius 2 is 2.00 bits per heavy atom. The minimum atomic E-state index is -0.332. The highest BCUT2D eigenvalue weighted by molar-refractivity contribution is 5.94. The Kier molecular flexibility index (Phi) is 7.11. The van der Waals surface area contributed by atoms with Gasteiger partial charge in [-0.15, -0.1) is 0 Å². The maximum Gasteiger partial charge on any atom is 0.311 e. The summed E-state index contributed by atoms with van der Waals surface area (Å²) in [6.07, 6.45) is 2.19. The van der Waals surface area contributed by atoms with E-state index in [9.17, 15) is 9.59 Å². The van der Waals surface area contributed by atoms with Gasteiger partial charge in [0.2, 0.25) is 0 Å². The van der Waals surface area contributed by atoms with Crippen LogP contribution in [0.4, 0.5) is 5.69 Å². The number of amides is 1. The molecule has 3 rings (SSSR count). The number of methoxy groups -OCH3 is 1. The van der Waals surface area contributed by atoms with Crippen molar-refractivity contribution in [2.75, 3.05) is 25.6 Å². The lowest BCUT2D eigenvalue weighted by atomic mass is 9.87. The monoisotopic (exact) mass is 396 g/mol. The quantitative estimate of drug-likeness (QED) is 0.669. The molecule has 2 aromatic rings. The summed E-state index contributed by atoms with van der Waals surface area (Å²) in [5.74, 6) is 0.133. The first-order valence-corrected chi connectivity index (χ1v) is 10.1. The van der Waals surface area contributed by atoms with Crippen LogP contribution >= 0.6 is 0 Å². The number of rotatable bonds is 8. The van der Waals surface area contributed by atoms with E-state index in [0.717, 1.165) is 24.3 Å². The molecular weight excluding hydrogens is 368 g/mol. The van der Waals surface area contributed by atoms with Crippen molar-refractivity contribution in [3.63, 3.8) is 0 Å². The molecule has 0 saturated carbocycles. The number of fused-ring (bicyclic) bond motifs is 1. The van der Waals surface area contributed by atoms with Gasteiger partial charge in [-0.25, -0.2) is 0 Å². The lowest BCUT2D eigenvalue weighted by molar-refractivity contribution is -0.148. The molecule has 1 aliphatic rings. The Morgan fingerprint density at radius 1 is 1.21 bits per heavy atom. The van der Waals surface area contributed by atoms with Crippen LogP contribution in [0.3, 0.4) is 0 Å². The van der Waals surface area contributed by atoms with Crippen LogP contribution in [-0.4, -0.2) is 38.2 Å². The largest absolute Gasteiger partial charge is 0.497 e. The van der Waals surface area contributed by atoms with Crippen LogP contribution in [0.15, 0.2) is 48.5 Å². The molecule has 0 aliphatic carbocycles. The number of esters is 1. The van der Waals surface area contributed by atoms with Gasteiger partial charge in [0.1, 0.15) is 5.75 Å².